The molecule has 0 saturated carbocycles. The van der Waals surface area contributed by atoms with Gasteiger partial charge >= 0.3 is 0 Å². The van der Waals surface area contributed by atoms with E-state index in [1.54, 1.807) is 0 Å². The van der Waals surface area contributed by atoms with E-state index in [9.17, 15) is 0 Å². The molecule has 0 aliphatic rings. The molecule has 2 aromatic heterocycles. The van der Waals surface area contributed by atoms with E-state index in [-0.39, 0.29) is 0 Å². The predicted octanol–water partition coefficient (Wildman–Crippen LogP) is 2.31. The highest BCUT2D eigenvalue weighted by atomic mass is 16.3. The van der Waals surface area contributed by atoms with Crippen LogP contribution in [0.1, 0.15) is 17.1 Å². The zero-order chi connectivity index (χ0) is 13.1. The molecule has 19 heavy (non-hydrogen) atoms. The molecule has 0 bridgehead atoms. The summed E-state index contributed by atoms with van der Waals surface area (Å²) in [6.45, 7) is 0.531. The van der Waals surface area contributed by atoms with Crippen LogP contribution in [0.2, 0.25) is 0 Å². The summed E-state index contributed by atoms with van der Waals surface area (Å²) in [7, 11) is 0. The van der Waals surface area contributed by atoms with Gasteiger partial charge in [0.1, 0.15) is 0 Å². The Bertz CT molecular complexity index is 676. The first-order valence-electron chi connectivity index (χ1n) is 6.34. The minimum atomic E-state index is 0.531. The number of nitrogens with two attached hydrogens (primary N) is 1. The first-order valence-corrected chi connectivity index (χ1v) is 6.34. The SMILES string of the molecule is NCCc1nc2nc(Cc3ccccc3)ccc2o1. The Morgan fingerprint density at radius 2 is 1.84 bits per heavy atom. The quantitative estimate of drug-likeness (QED) is 0.775. The van der Waals surface area contributed by atoms with E-state index in [1.807, 2.05) is 30.3 Å². The maximum absolute atomic E-state index is 5.56. The minimum Gasteiger partial charge on any atom is -0.439 e. The Hall–Kier alpha value is -2.20. The number of benzene rings is 1. The van der Waals surface area contributed by atoms with Crippen molar-refractivity contribution in [2.45, 2.75) is 12.8 Å². The smallest absolute Gasteiger partial charge is 0.199 e. The molecule has 0 unspecified atom stereocenters. The van der Waals surface area contributed by atoms with E-state index < -0.39 is 0 Å². The second-order valence-electron chi connectivity index (χ2n) is 4.43. The summed E-state index contributed by atoms with van der Waals surface area (Å²) in [5, 5.41) is 0. The van der Waals surface area contributed by atoms with Crippen molar-refractivity contribution in [3.63, 3.8) is 0 Å². The van der Waals surface area contributed by atoms with Gasteiger partial charge in [0.25, 0.3) is 0 Å². The molecule has 0 aliphatic heterocycles. The topological polar surface area (TPSA) is 64.9 Å². The summed E-state index contributed by atoms with van der Waals surface area (Å²) in [6, 6.07) is 14.2. The molecule has 4 heteroatoms. The Kier molecular flexibility index (Phi) is 3.25. The van der Waals surface area contributed by atoms with Gasteiger partial charge in [-0.2, -0.15) is 4.98 Å². The molecule has 2 heterocycles. The van der Waals surface area contributed by atoms with Crippen molar-refractivity contribution in [2.24, 2.45) is 5.73 Å². The number of rotatable bonds is 4. The zero-order valence-electron chi connectivity index (χ0n) is 10.5. The average molecular weight is 253 g/mol. The third kappa shape index (κ3) is 2.63. The molecule has 0 fully saturated rings. The van der Waals surface area contributed by atoms with E-state index >= 15 is 0 Å². The van der Waals surface area contributed by atoms with Crippen LogP contribution in [0, 0.1) is 0 Å². The van der Waals surface area contributed by atoms with Gasteiger partial charge in [0.2, 0.25) is 0 Å². The summed E-state index contributed by atoms with van der Waals surface area (Å²) >= 11 is 0. The van der Waals surface area contributed by atoms with Gasteiger partial charge in [-0.3, -0.25) is 0 Å². The van der Waals surface area contributed by atoms with Crippen molar-refractivity contribution in [3.8, 4) is 0 Å². The third-order valence-electron chi connectivity index (χ3n) is 2.94. The molecule has 0 atom stereocenters. The van der Waals surface area contributed by atoms with Gasteiger partial charge < -0.3 is 10.2 Å². The molecule has 4 nitrogen and oxygen atoms in total. The highest BCUT2D eigenvalue weighted by molar-refractivity contribution is 5.67. The Labute approximate surface area is 111 Å². The first kappa shape index (κ1) is 11.9. The molecule has 3 rings (SSSR count). The number of hydrogen-bond acceptors (Lipinski definition) is 4. The second-order valence-corrected chi connectivity index (χ2v) is 4.43. The van der Waals surface area contributed by atoms with Crippen LogP contribution in [0.4, 0.5) is 0 Å². The molecule has 3 aromatic rings. The van der Waals surface area contributed by atoms with Crippen molar-refractivity contribution < 1.29 is 4.42 Å². The van der Waals surface area contributed by atoms with Gasteiger partial charge in [0.05, 0.1) is 0 Å². The van der Waals surface area contributed by atoms with E-state index in [4.69, 9.17) is 10.2 Å². The lowest BCUT2D eigenvalue weighted by molar-refractivity contribution is 0.531. The van der Waals surface area contributed by atoms with Crippen molar-refractivity contribution in [3.05, 3.63) is 59.6 Å². The molecule has 0 spiro atoms. The summed E-state index contributed by atoms with van der Waals surface area (Å²) in [4.78, 5) is 8.87. The maximum Gasteiger partial charge on any atom is 0.199 e. The van der Waals surface area contributed by atoms with Gasteiger partial charge in [-0.1, -0.05) is 30.3 Å². The first-order chi connectivity index (χ1) is 9.35. The lowest BCUT2D eigenvalue weighted by Crippen LogP contribution is -2.02. The average Bonchev–Trinajstić information content (AvgIpc) is 2.82. The van der Waals surface area contributed by atoms with Crippen LogP contribution in [0.3, 0.4) is 0 Å². The number of pyridine rings is 1. The lowest BCUT2D eigenvalue weighted by Gasteiger charge is -1.99. The molecule has 2 N–H and O–H groups in total. The number of nitrogens with zero attached hydrogens (tertiary/aromatic N) is 2. The summed E-state index contributed by atoms with van der Waals surface area (Å²) in [5.74, 6) is 0.655. The predicted molar refractivity (Wildman–Crippen MR) is 73.8 cm³/mol. The van der Waals surface area contributed by atoms with Gasteiger partial charge in [-0.15, -0.1) is 0 Å². The van der Waals surface area contributed by atoms with Crippen LogP contribution in [0.25, 0.3) is 11.2 Å². The largest absolute Gasteiger partial charge is 0.439 e. The van der Waals surface area contributed by atoms with Crippen LogP contribution >= 0.6 is 0 Å². The molecule has 96 valence electrons. The zero-order valence-corrected chi connectivity index (χ0v) is 10.5. The van der Waals surface area contributed by atoms with Crippen LogP contribution in [0.15, 0.2) is 46.9 Å². The Balaban J connectivity index is 1.88. The molecule has 0 saturated heterocycles. The van der Waals surface area contributed by atoms with Crippen molar-refractivity contribution in [2.75, 3.05) is 6.54 Å². The van der Waals surface area contributed by atoms with E-state index in [1.165, 1.54) is 5.56 Å². The molecule has 0 aliphatic carbocycles. The minimum absolute atomic E-state index is 0.531. The van der Waals surface area contributed by atoms with Gasteiger partial charge in [-0.25, -0.2) is 4.98 Å². The monoisotopic (exact) mass is 253 g/mol. The fourth-order valence-corrected chi connectivity index (χ4v) is 2.04. The highest BCUT2D eigenvalue weighted by Gasteiger charge is 2.07. The van der Waals surface area contributed by atoms with Crippen molar-refractivity contribution in [1.82, 2.24) is 9.97 Å². The number of fused-ring (bicyclic) bond motifs is 1. The number of oxazole rings is 1. The number of aromatic nitrogens is 2. The van der Waals surface area contributed by atoms with Crippen LogP contribution < -0.4 is 5.73 Å². The van der Waals surface area contributed by atoms with Gasteiger partial charge in [-0.05, 0) is 17.7 Å². The van der Waals surface area contributed by atoms with Crippen molar-refractivity contribution in [1.29, 1.82) is 0 Å². The summed E-state index contributed by atoms with van der Waals surface area (Å²) in [6.07, 6.45) is 1.44. The molecule has 1 aromatic carbocycles. The lowest BCUT2D eigenvalue weighted by atomic mass is 10.1. The molecule has 0 radical (unpaired) electrons. The van der Waals surface area contributed by atoms with E-state index in [2.05, 4.69) is 22.1 Å². The van der Waals surface area contributed by atoms with E-state index in [0.717, 1.165) is 17.7 Å². The van der Waals surface area contributed by atoms with Crippen LogP contribution in [-0.4, -0.2) is 16.5 Å². The van der Waals surface area contributed by atoms with Gasteiger partial charge in [0, 0.05) is 25.1 Å². The standard InChI is InChI=1S/C15H15N3O/c16-9-8-14-18-15-13(19-14)7-6-12(17-15)10-11-4-2-1-3-5-11/h1-7H,8-10,16H2. The Morgan fingerprint density at radius 3 is 2.63 bits per heavy atom. The summed E-state index contributed by atoms with van der Waals surface area (Å²) < 4.78 is 5.56. The molecular weight excluding hydrogens is 238 g/mol. The maximum atomic E-state index is 5.56. The third-order valence-corrected chi connectivity index (χ3v) is 2.94. The van der Waals surface area contributed by atoms with Crippen LogP contribution in [-0.2, 0) is 12.8 Å². The second kappa shape index (κ2) is 5.20. The normalized spacial score (nSPS) is 11.0. The molecular formula is C15H15N3O. The highest BCUT2D eigenvalue weighted by Crippen LogP contribution is 2.16. The number of hydrogen-bond donors (Lipinski definition) is 1. The fourth-order valence-electron chi connectivity index (χ4n) is 2.04. The van der Waals surface area contributed by atoms with E-state index in [0.29, 0.717) is 24.5 Å². The van der Waals surface area contributed by atoms with Gasteiger partial charge in [0.15, 0.2) is 17.1 Å². The fraction of sp³-hybridized carbons (Fsp3) is 0.200. The Morgan fingerprint density at radius 1 is 1.00 bits per heavy atom. The van der Waals surface area contributed by atoms with Crippen LogP contribution in [0.5, 0.6) is 0 Å². The molecule has 0 amide bonds. The summed E-state index contributed by atoms with van der Waals surface area (Å²) in [5.41, 5.74) is 9.11. The van der Waals surface area contributed by atoms with Crippen molar-refractivity contribution >= 4 is 11.2 Å².